The fraction of sp³-hybridized carbons (Fsp3) is 0.765. The van der Waals surface area contributed by atoms with Crippen molar-refractivity contribution in [3.8, 4) is 0 Å². The Morgan fingerprint density at radius 2 is 2.19 bits per heavy atom. The van der Waals surface area contributed by atoms with Crippen LogP contribution in [0.25, 0.3) is 0 Å². The molecule has 0 unspecified atom stereocenters. The first kappa shape index (κ1) is 14.6. The molecule has 0 bridgehead atoms. The van der Waals surface area contributed by atoms with Gasteiger partial charge in [-0.3, -0.25) is 9.59 Å². The van der Waals surface area contributed by atoms with Crippen LogP contribution in [0.1, 0.15) is 47.0 Å². The van der Waals surface area contributed by atoms with E-state index in [0.717, 1.165) is 19.3 Å². The summed E-state index contributed by atoms with van der Waals surface area (Å²) in [4.78, 5) is 23.5. The summed E-state index contributed by atoms with van der Waals surface area (Å²) in [6.07, 6.45) is 4.75. The minimum absolute atomic E-state index is 0.0476. The summed E-state index contributed by atoms with van der Waals surface area (Å²) in [6, 6.07) is 0. The van der Waals surface area contributed by atoms with E-state index >= 15 is 0 Å². The van der Waals surface area contributed by atoms with Crippen molar-refractivity contribution >= 4 is 11.9 Å². The molecule has 0 aromatic carbocycles. The molecule has 4 heteroatoms. The summed E-state index contributed by atoms with van der Waals surface area (Å²) in [7, 11) is 0. The molecule has 1 heterocycles. The summed E-state index contributed by atoms with van der Waals surface area (Å²) in [5.41, 5.74) is 0.818. The maximum Gasteiger partial charge on any atom is 0.309 e. The largest absolute Gasteiger partial charge is 0.461 e. The zero-order chi connectivity index (χ0) is 15.4. The molecule has 2 fully saturated rings. The van der Waals surface area contributed by atoms with Crippen LogP contribution < -0.4 is 0 Å². The summed E-state index contributed by atoms with van der Waals surface area (Å²) >= 11 is 0. The molecule has 1 aliphatic heterocycles. The van der Waals surface area contributed by atoms with Gasteiger partial charge in [-0.05, 0) is 33.1 Å². The number of rotatable bonds is 1. The highest BCUT2D eigenvalue weighted by Crippen LogP contribution is 2.53. The van der Waals surface area contributed by atoms with Gasteiger partial charge in [-0.25, -0.2) is 0 Å². The molecule has 0 spiro atoms. The van der Waals surface area contributed by atoms with Gasteiger partial charge in [0, 0.05) is 24.7 Å². The molecule has 0 aromatic rings. The third kappa shape index (κ3) is 2.19. The third-order valence-corrected chi connectivity index (χ3v) is 5.83. The average Bonchev–Trinajstić information content (AvgIpc) is 2.85. The van der Waals surface area contributed by atoms with Crippen molar-refractivity contribution in [2.45, 2.75) is 58.7 Å². The Bertz CT molecular complexity index is 509. The van der Waals surface area contributed by atoms with Crippen LogP contribution in [0.3, 0.4) is 0 Å². The molecular weight excluding hydrogens is 268 g/mol. The molecule has 1 saturated carbocycles. The van der Waals surface area contributed by atoms with Crippen LogP contribution in [0.15, 0.2) is 11.6 Å². The van der Waals surface area contributed by atoms with E-state index in [1.807, 2.05) is 13.8 Å². The molecule has 4 nitrogen and oxygen atoms in total. The predicted octanol–water partition coefficient (Wildman–Crippen LogP) is 2.86. The first-order valence-corrected chi connectivity index (χ1v) is 7.90. The Hall–Kier alpha value is -1.32. The fourth-order valence-electron chi connectivity index (χ4n) is 4.67. The Kier molecular flexibility index (Phi) is 3.38. The van der Waals surface area contributed by atoms with Crippen molar-refractivity contribution in [1.82, 2.24) is 0 Å². The van der Waals surface area contributed by atoms with Crippen LogP contribution in [0, 0.1) is 23.7 Å². The molecule has 3 rings (SSSR count). The van der Waals surface area contributed by atoms with Gasteiger partial charge < -0.3 is 9.47 Å². The first-order chi connectivity index (χ1) is 9.83. The second-order valence-corrected chi connectivity index (χ2v) is 7.12. The Morgan fingerprint density at radius 1 is 1.48 bits per heavy atom. The minimum atomic E-state index is -0.457. The summed E-state index contributed by atoms with van der Waals surface area (Å²) in [5.74, 6) is 0.301. The molecule has 21 heavy (non-hydrogen) atoms. The first-order valence-electron chi connectivity index (χ1n) is 7.90. The SMILES string of the molecule is CC(=O)O[C@]1(C)CC[C@@H]2[C@H](OC(=O)[C@H]2C)[C@H]2C(C)=CC[C@H]21. The molecule has 0 aromatic heterocycles. The summed E-state index contributed by atoms with van der Waals surface area (Å²) in [6.45, 7) is 7.60. The number of ether oxygens (including phenoxy) is 2. The number of fused-ring (bicyclic) bond motifs is 3. The summed E-state index contributed by atoms with van der Waals surface area (Å²) < 4.78 is 11.5. The number of hydrogen-bond acceptors (Lipinski definition) is 4. The van der Waals surface area contributed by atoms with E-state index in [4.69, 9.17) is 9.47 Å². The Balaban J connectivity index is 1.97. The third-order valence-electron chi connectivity index (χ3n) is 5.83. The van der Waals surface area contributed by atoms with E-state index in [0.29, 0.717) is 0 Å². The van der Waals surface area contributed by atoms with Gasteiger partial charge in [0.15, 0.2) is 0 Å². The van der Waals surface area contributed by atoms with E-state index in [1.54, 1.807) is 0 Å². The monoisotopic (exact) mass is 292 g/mol. The van der Waals surface area contributed by atoms with Gasteiger partial charge in [-0.2, -0.15) is 0 Å². The lowest BCUT2D eigenvalue weighted by Gasteiger charge is -2.38. The fourth-order valence-corrected chi connectivity index (χ4v) is 4.67. The highest BCUT2D eigenvalue weighted by atomic mass is 16.6. The highest BCUT2D eigenvalue weighted by Gasteiger charge is 2.56. The lowest BCUT2D eigenvalue weighted by Crippen LogP contribution is -2.43. The molecule has 0 amide bonds. The zero-order valence-electron chi connectivity index (χ0n) is 13.2. The Labute approximate surface area is 125 Å². The second-order valence-electron chi connectivity index (χ2n) is 7.12. The van der Waals surface area contributed by atoms with Gasteiger partial charge in [0.25, 0.3) is 0 Å². The minimum Gasteiger partial charge on any atom is -0.461 e. The average molecular weight is 292 g/mol. The van der Waals surface area contributed by atoms with Crippen molar-refractivity contribution in [3.63, 3.8) is 0 Å². The predicted molar refractivity (Wildman–Crippen MR) is 77.3 cm³/mol. The quantitative estimate of drug-likeness (QED) is 0.551. The Morgan fingerprint density at radius 3 is 2.86 bits per heavy atom. The van der Waals surface area contributed by atoms with Crippen molar-refractivity contribution < 1.29 is 19.1 Å². The molecule has 6 atom stereocenters. The highest BCUT2D eigenvalue weighted by molar-refractivity contribution is 5.75. The van der Waals surface area contributed by atoms with E-state index in [1.165, 1.54) is 12.5 Å². The molecule has 1 saturated heterocycles. The number of allylic oxidation sites excluding steroid dienone is 1. The second kappa shape index (κ2) is 4.85. The molecule has 2 aliphatic carbocycles. The smallest absolute Gasteiger partial charge is 0.309 e. The number of carbonyl (C=O) groups is 2. The van der Waals surface area contributed by atoms with E-state index in [2.05, 4.69) is 13.0 Å². The van der Waals surface area contributed by atoms with Crippen molar-refractivity contribution in [2.75, 3.05) is 0 Å². The molecule has 116 valence electrons. The van der Waals surface area contributed by atoms with Gasteiger partial charge in [-0.1, -0.05) is 18.6 Å². The summed E-state index contributed by atoms with van der Waals surface area (Å²) in [5, 5.41) is 0. The molecule has 0 radical (unpaired) electrons. The zero-order valence-corrected chi connectivity index (χ0v) is 13.2. The topological polar surface area (TPSA) is 52.6 Å². The van der Waals surface area contributed by atoms with Gasteiger partial charge >= 0.3 is 11.9 Å². The maximum absolute atomic E-state index is 12.0. The molecular formula is C17H24O4. The van der Waals surface area contributed by atoms with Crippen LogP contribution in [-0.4, -0.2) is 23.6 Å². The van der Waals surface area contributed by atoms with Gasteiger partial charge in [0.05, 0.1) is 5.92 Å². The lowest BCUT2D eigenvalue weighted by atomic mass is 9.76. The molecule has 0 N–H and O–H groups in total. The van der Waals surface area contributed by atoms with E-state index < -0.39 is 5.60 Å². The van der Waals surface area contributed by atoms with Crippen molar-refractivity contribution in [2.24, 2.45) is 23.7 Å². The number of hydrogen-bond donors (Lipinski definition) is 0. The lowest BCUT2D eigenvalue weighted by molar-refractivity contribution is -0.165. The van der Waals surface area contributed by atoms with Crippen LogP contribution in [-0.2, 0) is 19.1 Å². The number of carbonyl (C=O) groups excluding carboxylic acids is 2. The van der Waals surface area contributed by atoms with Crippen LogP contribution in [0.4, 0.5) is 0 Å². The van der Waals surface area contributed by atoms with Crippen LogP contribution in [0.5, 0.6) is 0 Å². The number of esters is 2. The maximum atomic E-state index is 12.0. The van der Waals surface area contributed by atoms with Crippen molar-refractivity contribution in [1.29, 1.82) is 0 Å². The van der Waals surface area contributed by atoms with Gasteiger partial charge in [0.1, 0.15) is 11.7 Å². The van der Waals surface area contributed by atoms with Gasteiger partial charge in [-0.15, -0.1) is 0 Å². The molecule has 3 aliphatic rings. The van der Waals surface area contributed by atoms with E-state index in [-0.39, 0.29) is 41.7 Å². The van der Waals surface area contributed by atoms with Gasteiger partial charge in [0.2, 0.25) is 0 Å². The standard InChI is InChI=1S/C17H24O4/c1-9-5-6-13-14(9)15-12(10(2)16(19)20-15)7-8-17(13,4)21-11(3)18/h5,10,12-15H,6-8H2,1-4H3/t10-,12-,13+,14-,15-,17+/m0/s1. The van der Waals surface area contributed by atoms with Crippen molar-refractivity contribution in [3.05, 3.63) is 11.6 Å². The normalized spacial score (nSPS) is 45.2. The van der Waals surface area contributed by atoms with Crippen LogP contribution >= 0.6 is 0 Å². The van der Waals surface area contributed by atoms with E-state index in [9.17, 15) is 9.59 Å². The van der Waals surface area contributed by atoms with Crippen LogP contribution in [0.2, 0.25) is 0 Å².